The van der Waals surface area contributed by atoms with Crippen molar-refractivity contribution in [2.75, 3.05) is 13.7 Å². The maximum absolute atomic E-state index is 11.5. The zero-order valence-corrected chi connectivity index (χ0v) is 15.0. The SMILES string of the molecule is COC(=O)c1ccc(-c2ccc(CN3CC(C(=O)O)CCC3C)o2)cc1. The standard InChI is InChI=1S/C20H23NO5/c1-13-3-4-16(19(22)23)11-21(13)12-17-9-10-18(26-17)14-5-7-15(8-6-14)20(24)25-2/h5-10,13,16H,3-4,11-12H2,1-2H3,(H,22,23). The Labute approximate surface area is 152 Å². The minimum absolute atomic E-state index is 0.313. The monoisotopic (exact) mass is 357 g/mol. The van der Waals surface area contributed by atoms with E-state index in [1.807, 2.05) is 24.3 Å². The highest BCUT2D eigenvalue weighted by molar-refractivity contribution is 5.89. The molecule has 1 aliphatic rings. The van der Waals surface area contributed by atoms with Crippen LogP contribution in [-0.4, -0.2) is 41.6 Å². The van der Waals surface area contributed by atoms with Gasteiger partial charge in [0.15, 0.2) is 0 Å². The fraction of sp³-hybridized carbons (Fsp3) is 0.400. The molecule has 6 nitrogen and oxygen atoms in total. The fourth-order valence-corrected chi connectivity index (χ4v) is 3.31. The first kappa shape index (κ1) is 18.2. The number of carbonyl (C=O) groups excluding carboxylic acids is 1. The molecule has 1 fully saturated rings. The number of hydrogen-bond donors (Lipinski definition) is 1. The number of carbonyl (C=O) groups is 2. The van der Waals surface area contributed by atoms with Crippen LogP contribution in [-0.2, 0) is 16.1 Å². The van der Waals surface area contributed by atoms with E-state index in [1.54, 1.807) is 12.1 Å². The van der Waals surface area contributed by atoms with Crippen LogP contribution in [0, 0.1) is 5.92 Å². The number of carboxylic acid groups (broad SMARTS) is 1. The van der Waals surface area contributed by atoms with Crippen LogP contribution in [0.5, 0.6) is 0 Å². The third kappa shape index (κ3) is 3.96. The van der Waals surface area contributed by atoms with E-state index in [9.17, 15) is 14.7 Å². The van der Waals surface area contributed by atoms with Gasteiger partial charge >= 0.3 is 11.9 Å². The summed E-state index contributed by atoms with van der Waals surface area (Å²) in [6, 6.07) is 11.2. The molecule has 0 radical (unpaired) electrons. The molecule has 0 bridgehead atoms. The Morgan fingerprint density at radius 1 is 1.19 bits per heavy atom. The first-order valence-corrected chi connectivity index (χ1v) is 8.72. The second-order valence-electron chi connectivity index (χ2n) is 6.73. The topological polar surface area (TPSA) is 80.0 Å². The lowest BCUT2D eigenvalue weighted by Gasteiger charge is -2.35. The van der Waals surface area contributed by atoms with Crippen molar-refractivity contribution in [1.29, 1.82) is 0 Å². The highest BCUT2D eigenvalue weighted by Gasteiger charge is 2.30. The summed E-state index contributed by atoms with van der Waals surface area (Å²) >= 11 is 0. The number of aliphatic carboxylic acids is 1. The van der Waals surface area contributed by atoms with Gasteiger partial charge in [-0.1, -0.05) is 12.1 Å². The molecule has 0 saturated carbocycles. The summed E-state index contributed by atoms with van der Waals surface area (Å²) < 4.78 is 10.6. The number of esters is 1. The Morgan fingerprint density at radius 2 is 1.92 bits per heavy atom. The van der Waals surface area contributed by atoms with Crippen LogP contribution in [0.15, 0.2) is 40.8 Å². The van der Waals surface area contributed by atoms with Gasteiger partial charge in [0.1, 0.15) is 11.5 Å². The van der Waals surface area contributed by atoms with E-state index >= 15 is 0 Å². The van der Waals surface area contributed by atoms with Crippen molar-refractivity contribution in [3.63, 3.8) is 0 Å². The van der Waals surface area contributed by atoms with E-state index in [0.29, 0.717) is 24.7 Å². The molecule has 2 unspecified atom stereocenters. The van der Waals surface area contributed by atoms with E-state index in [0.717, 1.165) is 29.9 Å². The van der Waals surface area contributed by atoms with Crippen molar-refractivity contribution in [3.05, 3.63) is 47.7 Å². The first-order chi connectivity index (χ1) is 12.5. The molecule has 138 valence electrons. The number of nitrogens with zero attached hydrogens (tertiary/aromatic N) is 1. The molecule has 1 saturated heterocycles. The molecule has 1 aliphatic heterocycles. The van der Waals surface area contributed by atoms with Crippen molar-refractivity contribution >= 4 is 11.9 Å². The Hall–Kier alpha value is -2.60. The van der Waals surface area contributed by atoms with E-state index < -0.39 is 5.97 Å². The van der Waals surface area contributed by atoms with Gasteiger partial charge in [-0.2, -0.15) is 0 Å². The molecule has 0 aliphatic carbocycles. The van der Waals surface area contributed by atoms with E-state index in [1.165, 1.54) is 7.11 Å². The maximum Gasteiger partial charge on any atom is 0.337 e. The lowest BCUT2D eigenvalue weighted by Crippen LogP contribution is -2.43. The Kier molecular flexibility index (Phi) is 5.42. The number of methoxy groups -OCH3 is 1. The molecule has 1 aromatic heterocycles. The Morgan fingerprint density at radius 3 is 2.58 bits per heavy atom. The number of piperidine rings is 1. The predicted octanol–water partition coefficient (Wildman–Crippen LogP) is 3.42. The van der Waals surface area contributed by atoms with E-state index in [2.05, 4.69) is 11.8 Å². The van der Waals surface area contributed by atoms with Gasteiger partial charge in [0.2, 0.25) is 0 Å². The molecule has 3 rings (SSSR count). The summed E-state index contributed by atoms with van der Waals surface area (Å²) in [5, 5.41) is 9.26. The highest BCUT2D eigenvalue weighted by Crippen LogP contribution is 2.27. The van der Waals surface area contributed by atoms with Crippen molar-refractivity contribution in [1.82, 2.24) is 4.90 Å². The number of ether oxygens (including phenoxy) is 1. The summed E-state index contributed by atoms with van der Waals surface area (Å²) in [7, 11) is 1.35. The smallest absolute Gasteiger partial charge is 0.337 e. The van der Waals surface area contributed by atoms with Gasteiger partial charge in [0.25, 0.3) is 0 Å². The quantitative estimate of drug-likeness (QED) is 0.826. The molecule has 0 amide bonds. The summed E-state index contributed by atoms with van der Waals surface area (Å²) in [5.74, 6) is 0.105. The summed E-state index contributed by atoms with van der Waals surface area (Å²) in [6.45, 7) is 3.25. The van der Waals surface area contributed by atoms with Crippen LogP contribution in [0.3, 0.4) is 0 Å². The van der Waals surface area contributed by atoms with Crippen molar-refractivity contribution in [2.24, 2.45) is 5.92 Å². The van der Waals surface area contributed by atoms with Gasteiger partial charge in [0.05, 0.1) is 25.1 Å². The first-order valence-electron chi connectivity index (χ1n) is 8.72. The molecule has 2 atom stereocenters. The fourth-order valence-electron chi connectivity index (χ4n) is 3.31. The van der Waals surface area contributed by atoms with Crippen LogP contribution >= 0.6 is 0 Å². The summed E-state index contributed by atoms with van der Waals surface area (Å²) in [6.07, 6.45) is 1.60. The molecule has 2 aromatic rings. The number of rotatable bonds is 5. The molecule has 1 aromatic carbocycles. The third-order valence-corrected chi connectivity index (χ3v) is 4.97. The van der Waals surface area contributed by atoms with Crippen LogP contribution in [0.25, 0.3) is 11.3 Å². The molecular weight excluding hydrogens is 334 g/mol. The molecule has 0 spiro atoms. The number of benzene rings is 1. The van der Waals surface area contributed by atoms with Crippen LogP contribution < -0.4 is 0 Å². The molecule has 1 N–H and O–H groups in total. The maximum atomic E-state index is 11.5. The van der Waals surface area contributed by atoms with Gasteiger partial charge in [-0.25, -0.2) is 4.79 Å². The minimum Gasteiger partial charge on any atom is -0.481 e. The van der Waals surface area contributed by atoms with E-state index in [4.69, 9.17) is 9.15 Å². The average molecular weight is 357 g/mol. The van der Waals surface area contributed by atoms with Crippen molar-refractivity contribution < 1.29 is 23.8 Å². The Balaban J connectivity index is 1.69. The number of hydrogen-bond acceptors (Lipinski definition) is 5. The lowest BCUT2D eigenvalue weighted by molar-refractivity contribution is -0.144. The molecular formula is C20H23NO5. The van der Waals surface area contributed by atoms with Gasteiger partial charge in [0, 0.05) is 18.2 Å². The third-order valence-electron chi connectivity index (χ3n) is 4.97. The van der Waals surface area contributed by atoms with E-state index in [-0.39, 0.29) is 11.9 Å². The minimum atomic E-state index is -0.729. The van der Waals surface area contributed by atoms with Gasteiger partial charge in [-0.15, -0.1) is 0 Å². The predicted molar refractivity (Wildman–Crippen MR) is 95.7 cm³/mol. The summed E-state index contributed by atoms with van der Waals surface area (Å²) in [5.41, 5.74) is 1.36. The van der Waals surface area contributed by atoms with Crippen LogP contribution in [0.4, 0.5) is 0 Å². The lowest BCUT2D eigenvalue weighted by atomic mass is 9.93. The van der Waals surface area contributed by atoms with Gasteiger partial charge in [-0.05, 0) is 44.0 Å². The average Bonchev–Trinajstić information content (AvgIpc) is 3.11. The van der Waals surface area contributed by atoms with Crippen molar-refractivity contribution in [3.8, 4) is 11.3 Å². The molecule has 6 heteroatoms. The normalized spacial score (nSPS) is 20.7. The number of furan rings is 1. The second kappa shape index (κ2) is 7.74. The van der Waals surface area contributed by atoms with Gasteiger partial charge in [-0.3, -0.25) is 9.69 Å². The van der Waals surface area contributed by atoms with Crippen molar-refractivity contribution in [2.45, 2.75) is 32.4 Å². The number of carboxylic acids is 1. The van der Waals surface area contributed by atoms with Crippen LogP contribution in [0.1, 0.15) is 35.9 Å². The zero-order valence-electron chi connectivity index (χ0n) is 15.0. The molecule has 2 heterocycles. The number of likely N-dealkylation sites (tertiary alicyclic amines) is 1. The Bertz CT molecular complexity index is 780. The van der Waals surface area contributed by atoms with Crippen LogP contribution in [0.2, 0.25) is 0 Å². The largest absolute Gasteiger partial charge is 0.481 e. The van der Waals surface area contributed by atoms with Gasteiger partial charge < -0.3 is 14.3 Å². The zero-order chi connectivity index (χ0) is 18.7. The summed E-state index contributed by atoms with van der Waals surface area (Å²) in [4.78, 5) is 24.9. The highest BCUT2D eigenvalue weighted by atomic mass is 16.5. The second-order valence-corrected chi connectivity index (χ2v) is 6.73. The molecule has 26 heavy (non-hydrogen) atoms.